The zero-order chi connectivity index (χ0) is 18.4. The predicted molar refractivity (Wildman–Crippen MR) is 105 cm³/mol. The molecule has 0 bridgehead atoms. The Hall–Kier alpha value is -2.63. The summed E-state index contributed by atoms with van der Waals surface area (Å²) >= 11 is 0. The van der Waals surface area contributed by atoms with Crippen molar-refractivity contribution >= 4 is 18.2 Å². The summed E-state index contributed by atoms with van der Waals surface area (Å²) in [5.41, 5.74) is 2.00. The molecule has 1 aliphatic rings. The Morgan fingerprint density at radius 1 is 1.12 bits per heavy atom. The van der Waals surface area contributed by atoms with Crippen molar-refractivity contribution in [3.8, 4) is 11.3 Å². The molecule has 0 unspecified atom stereocenters. The average Bonchev–Trinajstić information content (AvgIpc) is 2.68. The van der Waals surface area contributed by atoms with Crippen molar-refractivity contribution in [1.29, 1.82) is 0 Å². The van der Waals surface area contributed by atoms with Crippen molar-refractivity contribution in [1.82, 2.24) is 14.9 Å². The molecule has 0 radical (unpaired) electrons. The van der Waals surface area contributed by atoms with Gasteiger partial charge in [0.15, 0.2) is 0 Å². The molecule has 1 aromatic carbocycles. The van der Waals surface area contributed by atoms with Crippen molar-refractivity contribution in [2.45, 2.75) is 20.3 Å². The fraction of sp³-hybridized carbons (Fsp3) is 0.450. The minimum atomic E-state index is 0.647. The molecule has 0 saturated carbocycles. The van der Waals surface area contributed by atoms with Crippen LogP contribution in [0.3, 0.4) is 0 Å². The van der Waals surface area contributed by atoms with E-state index in [4.69, 9.17) is 9.97 Å². The molecule has 0 aliphatic carbocycles. The molecule has 1 aliphatic heterocycles. The fourth-order valence-corrected chi connectivity index (χ4v) is 2.94. The maximum Gasteiger partial charge on any atom is 0.227 e. The van der Waals surface area contributed by atoms with Gasteiger partial charge in [-0.3, -0.25) is 4.79 Å². The highest BCUT2D eigenvalue weighted by Gasteiger charge is 2.19. The standard InChI is InChI=1S/C20H27N5O/c1-16(2)8-9-21-19-14-18(17-6-4-3-5-7-17)22-20(23-19)25-12-10-24(15-26)11-13-25/h3-7,14-16H,8-13H2,1-2H3,(H,21,22,23). The van der Waals surface area contributed by atoms with Crippen LogP contribution in [0.15, 0.2) is 36.4 Å². The van der Waals surface area contributed by atoms with Gasteiger partial charge in [-0.05, 0) is 12.3 Å². The highest BCUT2D eigenvalue weighted by atomic mass is 16.1. The monoisotopic (exact) mass is 353 g/mol. The van der Waals surface area contributed by atoms with Gasteiger partial charge in [0.2, 0.25) is 12.4 Å². The van der Waals surface area contributed by atoms with Crippen LogP contribution in [0.4, 0.5) is 11.8 Å². The smallest absolute Gasteiger partial charge is 0.227 e. The van der Waals surface area contributed by atoms with Gasteiger partial charge in [0, 0.05) is 44.4 Å². The Labute approximate surface area is 155 Å². The van der Waals surface area contributed by atoms with Gasteiger partial charge in [-0.1, -0.05) is 44.2 Å². The van der Waals surface area contributed by atoms with Crippen molar-refractivity contribution in [2.75, 3.05) is 42.9 Å². The normalized spacial score (nSPS) is 14.6. The fourth-order valence-electron chi connectivity index (χ4n) is 2.94. The quantitative estimate of drug-likeness (QED) is 0.776. The Bertz CT molecular complexity index is 711. The highest BCUT2D eigenvalue weighted by Crippen LogP contribution is 2.23. The minimum Gasteiger partial charge on any atom is -0.370 e. The topological polar surface area (TPSA) is 61.4 Å². The zero-order valence-corrected chi connectivity index (χ0v) is 15.6. The number of rotatable bonds is 7. The summed E-state index contributed by atoms with van der Waals surface area (Å²) in [4.78, 5) is 24.4. The third-order valence-electron chi connectivity index (χ3n) is 4.56. The van der Waals surface area contributed by atoms with E-state index in [1.54, 1.807) is 4.90 Å². The number of benzene rings is 1. The molecule has 3 rings (SSSR count). The molecule has 1 fully saturated rings. The Morgan fingerprint density at radius 3 is 2.50 bits per heavy atom. The Kier molecular flexibility index (Phi) is 6.04. The summed E-state index contributed by atoms with van der Waals surface area (Å²) in [7, 11) is 0. The van der Waals surface area contributed by atoms with Gasteiger partial charge < -0.3 is 15.1 Å². The SMILES string of the molecule is CC(C)CCNc1cc(-c2ccccc2)nc(N2CCN(C=O)CC2)n1. The number of piperazine rings is 1. The van der Waals surface area contributed by atoms with Crippen LogP contribution in [0.25, 0.3) is 11.3 Å². The minimum absolute atomic E-state index is 0.647. The van der Waals surface area contributed by atoms with Crippen LogP contribution in [-0.4, -0.2) is 54.0 Å². The summed E-state index contributed by atoms with van der Waals surface area (Å²) in [6, 6.07) is 12.2. The molecule has 2 aromatic rings. The van der Waals surface area contributed by atoms with Gasteiger partial charge >= 0.3 is 0 Å². The number of nitrogens with one attached hydrogen (secondary N) is 1. The van der Waals surface area contributed by atoms with E-state index in [1.807, 2.05) is 24.3 Å². The molecule has 2 heterocycles. The van der Waals surface area contributed by atoms with E-state index < -0.39 is 0 Å². The molecule has 0 spiro atoms. The summed E-state index contributed by atoms with van der Waals surface area (Å²) in [6.45, 7) is 8.24. The van der Waals surface area contributed by atoms with Gasteiger partial charge in [-0.2, -0.15) is 4.98 Å². The number of amides is 1. The molecular formula is C20H27N5O. The van der Waals surface area contributed by atoms with E-state index in [9.17, 15) is 4.79 Å². The van der Waals surface area contributed by atoms with Crippen LogP contribution in [0.2, 0.25) is 0 Å². The molecule has 138 valence electrons. The second-order valence-corrected chi connectivity index (χ2v) is 7.04. The number of hydrogen-bond donors (Lipinski definition) is 1. The van der Waals surface area contributed by atoms with Crippen molar-refractivity contribution in [3.05, 3.63) is 36.4 Å². The number of hydrogen-bond acceptors (Lipinski definition) is 5. The third kappa shape index (κ3) is 4.71. The molecule has 0 atom stereocenters. The van der Waals surface area contributed by atoms with Crippen LogP contribution in [0.5, 0.6) is 0 Å². The first kappa shape index (κ1) is 18.2. The van der Waals surface area contributed by atoms with Gasteiger partial charge in [0.1, 0.15) is 5.82 Å². The van der Waals surface area contributed by atoms with Crippen molar-refractivity contribution in [3.63, 3.8) is 0 Å². The first-order chi connectivity index (χ1) is 12.7. The second kappa shape index (κ2) is 8.65. The zero-order valence-electron chi connectivity index (χ0n) is 15.6. The van der Waals surface area contributed by atoms with Gasteiger partial charge in [-0.25, -0.2) is 4.98 Å². The lowest BCUT2D eigenvalue weighted by atomic mass is 10.1. The first-order valence-corrected chi connectivity index (χ1v) is 9.28. The number of anilines is 2. The van der Waals surface area contributed by atoms with Gasteiger partial charge in [0.05, 0.1) is 5.69 Å². The summed E-state index contributed by atoms with van der Waals surface area (Å²) in [5.74, 6) is 2.23. The second-order valence-electron chi connectivity index (χ2n) is 7.04. The number of nitrogens with zero attached hydrogens (tertiary/aromatic N) is 4. The van der Waals surface area contributed by atoms with Crippen LogP contribution in [0.1, 0.15) is 20.3 Å². The van der Waals surface area contributed by atoms with E-state index in [0.717, 1.165) is 55.5 Å². The Morgan fingerprint density at radius 2 is 1.85 bits per heavy atom. The largest absolute Gasteiger partial charge is 0.370 e. The molecular weight excluding hydrogens is 326 g/mol. The molecule has 1 N–H and O–H groups in total. The Balaban J connectivity index is 1.84. The van der Waals surface area contributed by atoms with E-state index in [1.165, 1.54) is 0 Å². The summed E-state index contributed by atoms with van der Waals surface area (Å²) in [6.07, 6.45) is 2.01. The maximum absolute atomic E-state index is 10.9. The van der Waals surface area contributed by atoms with Crippen LogP contribution < -0.4 is 10.2 Å². The van der Waals surface area contributed by atoms with Gasteiger partial charge in [0.25, 0.3) is 0 Å². The summed E-state index contributed by atoms with van der Waals surface area (Å²) in [5, 5.41) is 3.44. The van der Waals surface area contributed by atoms with E-state index >= 15 is 0 Å². The van der Waals surface area contributed by atoms with Crippen molar-refractivity contribution < 1.29 is 4.79 Å². The van der Waals surface area contributed by atoms with E-state index in [-0.39, 0.29) is 0 Å². The van der Waals surface area contributed by atoms with E-state index in [0.29, 0.717) is 19.0 Å². The molecule has 1 amide bonds. The molecule has 1 saturated heterocycles. The molecule has 1 aromatic heterocycles. The van der Waals surface area contributed by atoms with Crippen molar-refractivity contribution in [2.24, 2.45) is 5.92 Å². The van der Waals surface area contributed by atoms with E-state index in [2.05, 4.69) is 36.2 Å². The molecule has 6 heteroatoms. The molecule has 26 heavy (non-hydrogen) atoms. The number of carbonyl (C=O) groups excluding carboxylic acids is 1. The van der Waals surface area contributed by atoms with Gasteiger partial charge in [-0.15, -0.1) is 0 Å². The summed E-state index contributed by atoms with van der Waals surface area (Å²) < 4.78 is 0. The first-order valence-electron chi connectivity index (χ1n) is 9.28. The number of carbonyl (C=O) groups is 1. The van der Waals surface area contributed by atoms with Crippen LogP contribution in [0, 0.1) is 5.92 Å². The lowest BCUT2D eigenvalue weighted by Crippen LogP contribution is -2.46. The highest BCUT2D eigenvalue weighted by molar-refractivity contribution is 5.64. The van der Waals surface area contributed by atoms with Crippen LogP contribution in [-0.2, 0) is 4.79 Å². The lowest BCUT2D eigenvalue weighted by Gasteiger charge is -2.32. The third-order valence-corrected chi connectivity index (χ3v) is 4.56. The van der Waals surface area contributed by atoms with Crippen LogP contribution >= 0.6 is 0 Å². The average molecular weight is 353 g/mol. The lowest BCUT2D eigenvalue weighted by molar-refractivity contribution is -0.118. The number of aromatic nitrogens is 2. The predicted octanol–water partition coefficient (Wildman–Crippen LogP) is 2.88. The maximum atomic E-state index is 10.9. The molecule has 6 nitrogen and oxygen atoms in total.